The first kappa shape index (κ1) is 14.4. The van der Waals surface area contributed by atoms with Crippen molar-refractivity contribution < 1.29 is 9.53 Å². The van der Waals surface area contributed by atoms with Crippen molar-refractivity contribution in [1.82, 2.24) is 5.32 Å². The first-order valence-electron chi connectivity index (χ1n) is 5.93. The van der Waals surface area contributed by atoms with E-state index in [1.165, 1.54) is 0 Å². The quantitative estimate of drug-likeness (QED) is 0.584. The third kappa shape index (κ3) is 5.14. The number of rotatable bonds is 7. The molecule has 0 aliphatic heterocycles. The van der Waals surface area contributed by atoms with Crippen LogP contribution < -0.4 is 15.8 Å². The summed E-state index contributed by atoms with van der Waals surface area (Å²) in [6, 6.07) is 7.06. The Labute approximate surface area is 113 Å². The highest BCUT2D eigenvalue weighted by Crippen LogP contribution is 2.11. The van der Waals surface area contributed by atoms with Crippen molar-refractivity contribution in [1.29, 1.82) is 0 Å². The van der Waals surface area contributed by atoms with Crippen LogP contribution in [-0.2, 0) is 0 Å². The molecule has 0 bridgehead atoms. The van der Waals surface area contributed by atoms with E-state index in [-0.39, 0.29) is 5.91 Å². The molecule has 1 rings (SSSR count). The minimum atomic E-state index is -0.0963. The number of thiocarbonyl (C=S) groups is 1. The summed E-state index contributed by atoms with van der Waals surface area (Å²) in [4.78, 5) is 12.2. The summed E-state index contributed by atoms with van der Waals surface area (Å²) in [5, 5.41) is 2.81. The van der Waals surface area contributed by atoms with Crippen molar-refractivity contribution in [2.45, 2.75) is 19.8 Å². The lowest BCUT2D eigenvalue weighted by atomic mass is 10.2. The van der Waals surface area contributed by atoms with Gasteiger partial charge in [0.05, 0.1) is 11.6 Å². The van der Waals surface area contributed by atoms with Crippen molar-refractivity contribution in [3.8, 4) is 5.75 Å². The summed E-state index contributed by atoms with van der Waals surface area (Å²) in [7, 11) is 0. The fourth-order valence-corrected chi connectivity index (χ4v) is 1.58. The summed E-state index contributed by atoms with van der Waals surface area (Å²) >= 11 is 4.76. The third-order valence-corrected chi connectivity index (χ3v) is 2.52. The number of benzene rings is 1. The third-order valence-electron chi connectivity index (χ3n) is 2.31. The number of carbonyl (C=O) groups excluding carboxylic acids is 1. The van der Waals surface area contributed by atoms with E-state index in [2.05, 4.69) is 5.32 Å². The molecule has 18 heavy (non-hydrogen) atoms. The molecule has 0 aliphatic rings. The van der Waals surface area contributed by atoms with Gasteiger partial charge in [0.25, 0.3) is 5.91 Å². The molecule has 0 aliphatic carbocycles. The summed E-state index contributed by atoms with van der Waals surface area (Å²) in [6.07, 6.45) is 1.41. The second-order valence-electron chi connectivity index (χ2n) is 3.78. The minimum Gasteiger partial charge on any atom is -0.494 e. The standard InChI is InChI=1S/C13H18N2O2S/c1-2-17-11-7-5-10(6-8-11)13(16)15-9-3-4-12(14)18/h5-8H,2-4,9H2,1H3,(H2,14,18)(H,15,16). The van der Waals surface area contributed by atoms with Gasteiger partial charge in [0, 0.05) is 12.1 Å². The smallest absolute Gasteiger partial charge is 0.251 e. The maximum Gasteiger partial charge on any atom is 0.251 e. The monoisotopic (exact) mass is 266 g/mol. The largest absolute Gasteiger partial charge is 0.494 e. The Morgan fingerprint density at radius 3 is 2.61 bits per heavy atom. The van der Waals surface area contributed by atoms with Gasteiger partial charge in [-0.25, -0.2) is 0 Å². The molecule has 1 amide bonds. The molecule has 0 unspecified atom stereocenters. The lowest BCUT2D eigenvalue weighted by Crippen LogP contribution is -2.25. The van der Waals surface area contributed by atoms with Gasteiger partial charge in [0.15, 0.2) is 0 Å². The van der Waals surface area contributed by atoms with Gasteiger partial charge in [-0.1, -0.05) is 12.2 Å². The number of nitrogens with two attached hydrogens (primary N) is 1. The molecule has 0 heterocycles. The molecule has 1 aromatic carbocycles. The molecule has 3 N–H and O–H groups in total. The van der Waals surface area contributed by atoms with Crippen molar-refractivity contribution in [3.05, 3.63) is 29.8 Å². The molecule has 0 saturated carbocycles. The van der Waals surface area contributed by atoms with E-state index in [0.29, 0.717) is 30.1 Å². The van der Waals surface area contributed by atoms with Crippen molar-refractivity contribution in [3.63, 3.8) is 0 Å². The summed E-state index contributed by atoms with van der Waals surface area (Å²) in [6.45, 7) is 3.11. The average Bonchev–Trinajstić information content (AvgIpc) is 2.35. The van der Waals surface area contributed by atoms with Gasteiger partial charge in [0.2, 0.25) is 0 Å². The first-order valence-corrected chi connectivity index (χ1v) is 6.33. The van der Waals surface area contributed by atoms with Gasteiger partial charge < -0.3 is 15.8 Å². The molecule has 98 valence electrons. The van der Waals surface area contributed by atoms with Crippen molar-refractivity contribution >= 4 is 23.1 Å². The van der Waals surface area contributed by atoms with Gasteiger partial charge >= 0.3 is 0 Å². The molecule has 5 heteroatoms. The molecular formula is C13H18N2O2S. The number of hydrogen-bond acceptors (Lipinski definition) is 3. The number of carbonyl (C=O) groups is 1. The lowest BCUT2D eigenvalue weighted by Gasteiger charge is -2.06. The second kappa shape index (κ2) is 7.66. The Hall–Kier alpha value is -1.62. The predicted octanol–water partition coefficient (Wildman–Crippen LogP) is 1.88. The van der Waals surface area contributed by atoms with Gasteiger partial charge in [-0.05, 0) is 44.0 Å². The van der Waals surface area contributed by atoms with Crippen LogP contribution in [0.3, 0.4) is 0 Å². The first-order chi connectivity index (χ1) is 8.63. The van der Waals surface area contributed by atoms with E-state index >= 15 is 0 Å². The predicted molar refractivity (Wildman–Crippen MR) is 76.0 cm³/mol. The molecule has 0 atom stereocenters. The Morgan fingerprint density at radius 1 is 1.39 bits per heavy atom. The van der Waals surface area contributed by atoms with Gasteiger partial charge in [-0.2, -0.15) is 0 Å². The molecule has 0 spiro atoms. The highest BCUT2D eigenvalue weighted by atomic mass is 32.1. The molecule has 0 fully saturated rings. The van der Waals surface area contributed by atoms with E-state index in [4.69, 9.17) is 22.7 Å². The van der Waals surface area contributed by atoms with Crippen LogP contribution in [0.1, 0.15) is 30.1 Å². The number of ether oxygens (including phenoxy) is 1. The highest BCUT2D eigenvalue weighted by Gasteiger charge is 2.04. The molecule has 0 radical (unpaired) electrons. The van der Waals surface area contributed by atoms with Gasteiger partial charge in [-0.3, -0.25) is 4.79 Å². The summed E-state index contributed by atoms with van der Waals surface area (Å²) in [5.41, 5.74) is 5.99. The highest BCUT2D eigenvalue weighted by molar-refractivity contribution is 7.80. The summed E-state index contributed by atoms with van der Waals surface area (Å²) < 4.78 is 5.31. The van der Waals surface area contributed by atoms with Crippen LogP contribution >= 0.6 is 12.2 Å². The van der Waals surface area contributed by atoms with E-state index in [1.54, 1.807) is 24.3 Å². The number of nitrogens with one attached hydrogen (secondary N) is 1. The fourth-order valence-electron chi connectivity index (χ4n) is 1.44. The normalized spacial score (nSPS) is 9.83. The Balaban J connectivity index is 2.39. The maximum atomic E-state index is 11.7. The SMILES string of the molecule is CCOc1ccc(C(=O)NCCCC(N)=S)cc1. The minimum absolute atomic E-state index is 0.0963. The van der Waals surface area contributed by atoms with Crippen LogP contribution in [0.5, 0.6) is 5.75 Å². The van der Waals surface area contributed by atoms with E-state index in [0.717, 1.165) is 12.2 Å². The van der Waals surface area contributed by atoms with Crippen molar-refractivity contribution in [2.75, 3.05) is 13.2 Å². The molecule has 0 saturated heterocycles. The van der Waals surface area contributed by atoms with Crippen LogP contribution in [0.4, 0.5) is 0 Å². The van der Waals surface area contributed by atoms with E-state index < -0.39 is 0 Å². The topological polar surface area (TPSA) is 64.3 Å². The lowest BCUT2D eigenvalue weighted by molar-refractivity contribution is 0.0953. The van der Waals surface area contributed by atoms with E-state index in [1.807, 2.05) is 6.92 Å². The molecule has 4 nitrogen and oxygen atoms in total. The van der Waals surface area contributed by atoms with Crippen molar-refractivity contribution in [2.24, 2.45) is 5.73 Å². The second-order valence-corrected chi connectivity index (χ2v) is 4.31. The van der Waals surface area contributed by atoms with Crippen LogP contribution in [0.25, 0.3) is 0 Å². The molecular weight excluding hydrogens is 248 g/mol. The molecule has 0 aromatic heterocycles. The zero-order chi connectivity index (χ0) is 13.4. The van der Waals surface area contributed by atoms with Crippen LogP contribution in [0.2, 0.25) is 0 Å². The Bertz CT molecular complexity index is 404. The molecule has 1 aromatic rings. The van der Waals surface area contributed by atoms with Crippen LogP contribution in [0.15, 0.2) is 24.3 Å². The Morgan fingerprint density at radius 2 is 2.06 bits per heavy atom. The van der Waals surface area contributed by atoms with Crippen LogP contribution in [-0.4, -0.2) is 24.0 Å². The average molecular weight is 266 g/mol. The number of amides is 1. The van der Waals surface area contributed by atoms with Gasteiger partial charge in [-0.15, -0.1) is 0 Å². The Kier molecular flexibility index (Phi) is 6.14. The maximum absolute atomic E-state index is 11.7. The zero-order valence-corrected chi connectivity index (χ0v) is 11.3. The van der Waals surface area contributed by atoms with E-state index in [9.17, 15) is 4.79 Å². The summed E-state index contributed by atoms with van der Waals surface area (Å²) in [5.74, 6) is 0.670. The fraction of sp³-hybridized carbons (Fsp3) is 0.385. The van der Waals surface area contributed by atoms with Gasteiger partial charge in [0.1, 0.15) is 5.75 Å². The number of hydrogen-bond donors (Lipinski definition) is 2. The van der Waals surface area contributed by atoms with Crippen LogP contribution in [0, 0.1) is 0 Å². The zero-order valence-electron chi connectivity index (χ0n) is 10.4.